The van der Waals surface area contributed by atoms with Crippen LogP contribution in [-0.2, 0) is 22.4 Å². The molecule has 6 aromatic rings. The number of hydrogen-bond acceptors (Lipinski definition) is 8. The fourth-order valence-corrected chi connectivity index (χ4v) is 9.09. The molecule has 12 heteroatoms. The van der Waals surface area contributed by atoms with Crippen molar-refractivity contribution in [1.82, 2.24) is 19.8 Å². The number of H-pyrrole nitrogens is 2. The number of benzene rings is 4. The summed E-state index contributed by atoms with van der Waals surface area (Å²) < 4.78 is 11.5. The predicted octanol–water partition coefficient (Wildman–Crippen LogP) is 6.62. The number of carbonyl (C=O) groups excluding carboxylic acids is 4. The number of ether oxygens (including phenoxy) is 2. The van der Waals surface area contributed by atoms with Crippen LogP contribution in [0.1, 0.15) is 74.8 Å². The average Bonchev–Trinajstić information content (AvgIpc) is 3.76. The Hall–Kier alpha value is -6.56. The molecule has 4 aliphatic heterocycles. The maximum Gasteiger partial charge on any atom is 0.311 e. The van der Waals surface area contributed by atoms with Gasteiger partial charge in [-0.25, -0.2) is 0 Å². The number of aromatic nitrogens is 2. The van der Waals surface area contributed by atoms with E-state index in [1.54, 1.807) is 12.1 Å². The van der Waals surface area contributed by atoms with Crippen LogP contribution in [0.3, 0.4) is 0 Å². The fraction of sp³-hybridized carbons (Fsp3) is 0.256. The van der Waals surface area contributed by atoms with Crippen LogP contribution in [0.5, 0.6) is 11.5 Å². The van der Waals surface area contributed by atoms with Gasteiger partial charge in [-0.05, 0) is 91.1 Å². The van der Waals surface area contributed by atoms with Crippen molar-refractivity contribution in [2.24, 2.45) is 0 Å². The third-order valence-electron chi connectivity index (χ3n) is 11.6. The van der Waals surface area contributed by atoms with Crippen LogP contribution < -0.4 is 19.3 Å². The summed E-state index contributed by atoms with van der Waals surface area (Å²) in [5, 5.41) is 1.93. The fourth-order valence-electron chi connectivity index (χ4n) is 9.09. The molecule has 2 unspecified atom stereocenters. The summed E-state index contributed by atoms with van der Waals surface area (Å²) in [4.78, 5) is 67.7. The molecule has 4 aliphatic rings. The minimum atomic E-state index is -0.430. The molecule has 0 saturated carbocycles. The molecule has 0 radical (unpaired) electrons. The van der Waals surface area contributed by atoms with Gasteiger partial charge in [0.05, 0.1) is 33.9 Å². The molecule has 2 N–H and O–H groups in total. The largest absolute Gasteiger partial charge is 0.427 e. The van der Waals surface area contributed by atoms with Crippen LogP contribution in [0.25, 0.3) is 21.8 Å². The third-order valence-corrected chi connectivity index (χ3v) is 11.6. The lowest BCUT2D eigenvalue weighted by Crippen LogP contribution is -2.51. The summed E-state index contributed by atoms with van der Waals surface area (Å²) in [5.41, 5.74) is 9.19. The molecule has 55 heavy (non-hydrogen) atoms. The van der Waals surface area contributed by atoms with E-state index in [-0.39, 0.29) is 43.4 Å². The van der Waals surface area contributed by atoms with E-state index in [2.05, 4.69) is 19.8 Å². The molecule has 0 aliphatic carbocycles. The maximum atomic E-state index is 13.4. The first-order valence-corrected chi connectivity index (χ1v) is 18.7. The van der Waals surface area contributed by atoms with Crippen LogP contribution in [0.2, 0.25) is 0 Å². The number of rotatable bonds is 6. The van der Waals surface area contributed by atoms with Crippen LogP contribution in [0, 0.1) is 0 Å². The molecule has 10 rings (SSSR count). The number of aromatic amines is 2. The Labute approximate surface area is 316 Å². The number of nitrogens with zero attached hydrogens (tertiary/aromatic N) is 4. The van der Waals surface area contributed by atoms with Crippen molar-refractivity contribution in [2.45, 2.75) is 44.4 Å². The Morgan fingerprint density at radius 1 is 0.636 bits per heavy atom. The summed E-state index contributed by atoms with van der Waals surface area (Å²) in [6.07, 6.45) is 1.24. The lowest BCUT2D eigenvalue weighted by Gasteiger charge is -2.46. The molecule has 2 atom stereocenters. The number of hydrogen-bond donors (Lipinski definition) is 2. The monoisotopic (exact) mass is 734 g/mol. The van der Waals surface area contributed by atoms with Crippen LogP contribution in [-0.4, -0.2) is 70.7 Å². The number of nitrogens with one attached hydrogen (secondary N) is 2. The van der Waals surface area contributed by atoms with Gasteiger partial charge in [-0.3, -0.25) is 19.2 Å². The normalized spacial score (nSPS) is 18.4. The van der Waals surface area contributed by atoms with Crippen molar-refractivity contribution >= 4 is 56.9 Å². The Kier molecular flexibility index (Phi) is 7.51. The molecule has 4 aromatic carbocycles. The first kappa shape index (κ1) is 33.0. The van der Waals surface area contributed by atoms with Crippen LogP contribution in [0.4, 0.5) is 11.4 Å². The van der Waals surface area contributed by atoms with Crippen molar-refractivity contribution in [3.63, 3.8) is 0 Å². The van der Waals surface area contributed by atoms with Crippen molar-refractivity contribution in [3.8, 4) is 11.5 Å². The lowest BCUT2D eigenvalue weighted by molar-refractivity contribution is -0.136. The van der Waals surface area contributed by atoms with Gasteiger partial charge in [0.2, 0.25) is 0 Å². The summed E-state index contributed by atoms with van der Waals surface area (Å²) in [6.45, 7) is 1.16. The van der Waals surface area contributed by atoms with Gasteiger partial charge >= 0.3 is 11.9 Å². The van der Waals surface area contributed by atoms with Gasteiger partial charge < -0.3 is 39.0 Å². The van der Waals surface area contributed by atoms with E-state index in [1.807, 2.05) is 96.7 Å². The highest BCUT2D eigenvalue weighted by Gasteiger charge is 2.43. The third kappa shape index (κ3) is 5.19. The van der Waals surface area contributed by atoms with Gasteiger partial charge in [-0.15, -0.1) is 0 Å². The van der Waals surface area contributed by atoms with Gasteiger partial charge in [0.25, 0.3) is 11.8 Å². The standard InChI is InChI=1S/C43H38N6O6/c1-46-34-10-5-3-8-28(34)42(52)48-20-18-26-30-22-24(14-16-32(30)44-38(26)40(46)48)54-36(50)12-7-13-37(51)55-25-15-17-33-31(23-25)27-19-21-49-41(39(27)45-33)47(2)35-11-6-4-9-29(35)43(49)53/h3-6,8-11,14-17,22-23,40-41,44-45H,7,12-13,18-21H2,1-2H3. The second kappa shape index (κ2) is 12.5. The maximum absolute atomic E-state index is 13.4. The van der Waals surface area contributed by atoms with E-state index >= 15 is 0 Å². The second-order valence-corrected chi connectivity index (χ2v) is 14.8. The second-order valence-electron chi connectivity index (χ2n) is 14.8. The number of para-hydroxylation sites is 2. The zero-order valence-electron chi connectivity index (χ0n) is 30.4. The molecule has 12 nitrogen and oxygen atoms in total. The van der Waals surface area contributed by atoms with E-state index in [4.69, 9.17) is 9.47 Å². The molecule has 2 amide bonds. The van der Waals surface area contributed by atoms with Crippen molar-refractivity contribution in [2.75, 3.05) is 37.0 Å². The highest BCUT2D eigenvalue weighted by atomic mass is 16.5. The van der Waals surface area contributed by atoms with E-state index in [1.165, 1.54) is 0 Å². The van der Waals surface area contributed by atoms with Gasteiger partial charge in [0, 0.05) is 61.8 Å². The molecule has 6 heterocycles. The lowest BCUT2D eigenvalue weighted by atomic mass is 9.96. The Bertz CT molecular complexity index is 2430. The van der Waals surface area contributed by atoms with Crippen molar-refractivity contribution in [3.05, 3.63) is 119 Å². The van der Waals surface area contributed by atoms with E-state index < -0.39 is 11.9 Å². The highest BCUT2D eigenvalue weighted by molar-refractivity contribution is 6.03. The minimum absolute atomic E-state index is 0.0253. The first-order chi connectivity index (χ1) is 26.7. The van der Waals surface area contributed by atoms with Crippen LogP contribution in [0.15, 0.2) is 84.9 Å². The highest BCUT2D eigenvalue weighted by Crippen LogP contribution is 2.45. The number of carbonyl (C=O) groups is 4. The van der Waals surface area contributed by atoms with E-state index in [0.717, 1.165) is 55.7 Å². The molecular weight excluding hydrogens is 697 g/mol. The van der Waals surface area contributed by atoms with Gasteiger partial charge in [0.15, 0.2) is 0 Å². The molecule has 0 fully saturated rings. The number of esters is 2. The van der Waals surface area contributed by atoms with E-state index in [0.29, 0.717) is 48.6 Å². The SMILES string of the molecule is CN1c2ccccc2C(=O)N2CCc3c([nH]c4ccc(OC(=O)CCCC(=O)Oc5ccc6[nH]c7c(c6c5)CCN5C(=O)c6ccccc6N(C)C75)cc34)C21. The summed E-state index contributed by atoms with van der Waals surface area (Å²) in [7, 11) is 4.01. The van der Waals surface area contributed by atoms with Crippen molar-refractivity contribution in [1.29, 1.82) is 0 Å². The molecule has 0 spiro atoms. The zero-order chi connectivity index (χ0) is 37.5. The van der Waals surface area contributed by atoms with Gasteiger partial charge in [-0.1, -0.05) is 24.3 Å². The van der Waals surface area contributed by atoms with Gasteiger partial charge in [-0.2, -0.15) is 0 Å². The Morgan fingerprint density at radius 3 is 1.53 bits per heavy atom. The average molecular weight is 735 g/mol. The predicted molar refractivity (Wildman–Crippen MR) is 206 cm³/mol. The van der Waals surface area contributed by atoms with Crippen molar-refractivity contribution < 1.29 is 28.7 Å². The Morgan fingerprint density at radius 2 is 1.07 bits per heavy atom. The van der Waals surface area contributed by atoms with E-state index in [9.17, 15) is 19.2 Å². The first-order valence-electron chi connectivity index (χ1n) is 18.7. The molecular formula is C43H38N6O6. The smallest absolute Gasteiger partial charge is 0.311 e. The zero-order valence-corrected chi connectivity index (χ0v) is 30.4. The number of fused-ring (bicyclic) bond motifs is 12. The number of anilines is 2. The van der Waals surface area contributed by atoms with Gasteiger partial charge in [0.1, 0.15) is 23.8 Å². The molecule has 0 bridgehead atoms. The quantitative estimate of drug-likeness (QED) is 0.144. The Balaban J connectivity index is 0.781. The summed E-state index contributed by atoms with van der Waals surface area (Å²) in [5.74, 6) is 0.0545. The minimum Gasteiger partial charge on any atom is -0.427 e. The summed E-state index contributed by atoms with van der Waals surface area (Å²) >= 11 is 0. The van der Waals surface area contributed by atoms with Crippen LogP contribution >= 0.6 is 0 Å². The summed E-state index contributed by atoms with van der Waals surface area (Å²) in [6, 6.07) is 26.4. The molecule has 276 valence electrons. The number of amides is 2. The molecule has 2 aromatic heterocycles. The topological polar surface area (TPSA) is 131 Å². The molecule has 0 saturated heterocycles.